The van der Waals surface area contributed by atoms with Crippen molar-refractivity contribution in [3.8, 4) is 5.75 Å². The molecule has 0 unspecified atom stereocenters. The van der Waals surface area contributed by atoms with Crippen LogP contribution in [-0.2, 0) is 6.61 Å². The summed E-state index contributed by atoms with van der Waals surface area (Å²) in [5.74, 6) is -0.852. The van der Waals surface area contributed by atoms with Crippen LogP contribution in [0, 0.1) is 6.92 Å². The van der Waals surface area contributed by atoms with Gasteiger partial charge in [-0.05, 0) is 48.9 Å². The summed E-state index contributed by atoms with van der Waals surface area (Å²) < 4.78 is 42.7. The lowest BCUT2D eigenvalue weighted by Gasteiger charge is -2.13. The second kappa shape index (κ2) is 9.95. The van der Waals surface area contributed by atoms with Crippen LogP contribution in [0.5, 0.6) is 5.75 Å². The Morgan fingerprint density at radius 1 is 1.00 bits per heavy atom. The van der Waals surface area contributed by atoms with Crippen LogP contribution in [-0.4, -0.2) is 29.5 Å². The number of nitrogens with one attached hydrogen (secondary N) is 2. The van der Waals surface area contributed by atoms with E-state index in [1.807, 2.05) is 11.4 Å². The number of rotatable bonds is 7. The molecule has 0 saturated carbocycles. The normalized spacial score (nSPS) is 11.0. The van der Waals surface area contributed by atoms with E-state index in [1.54, 1.807) is 55.7 Å². The van der Waals surface area contributed by atoms with Crippen molar-refractivity contribution in [2.24, 2.45) is 0 Å². The summed E-state index contributed by atoms with van der Waals surface area (Å²) in [4.78, 5) is 28.7. The highest BCUT2D eigenvalue weighted by Gasteiger charge is 2.28. The molecule has 32 heavy (non-hydrogen) atoms. The lowest BCUT2D eigenvalue weighted by Crippen LogP contribution is -2.33. The Bertz CT molecular complexity index is 1100. The number of benzene rings is 2. The van der Waals surface area contributed by atoms with E-state index in [2.05, 4.69) is 10.3 Å². The molecule has 0 fully saturated rings. The van der Waals surface area contributed by atoms with Gasteiger partial charge in [0.05, 0.1) is 0 Å². The number of pyridine rings is 1. The highest BCUT2D eigenvalue weighted by molar-refractivity contribution is 6.05. The van der Waals surface area contributed by atoms with Gasteiger partial charge in [0.1, 0.15) is 18.9 Å². The topological polar surface area (TPSA) is 80.3 Å². The first-order chi connectivity index (χ1) is 15.2. The van der Waals surface area contributed by atoms with Gasteiger partial charge in [-0.2, -0.15) is 13.2 Å². The van der Waals surface area contributed by atoms with Gasteiger partial charge in [0.25, 0.3) is 11.8 Å². The first-order valence-electron chi connectivity index (χ1n) is 9.60. The molecule has 9 heteroatoms. The van der Waals surface area contributed by atoms with E-state index in [-0.39, 0.29) is 12.2 Å². The average molecular weight is 443 g/mol. The van der Waals surface area contributed by atoms with Gasteiger partial charge in [0.2, 0.25) is 0 Å². The molecule has 1 heterocycles. The predicted molar refractivity (Wildman–Crippen MR) is 113 cm³/mol. The molecule has 166 valence electrons. The number of ether oxygens (including phenoxy) is 1. The SMILES string of the molecule is Cc1ccc(C(=O)NCC(F)(F)F)cc1NC(=O)c1cccc(OCc2cccnc2)c1. The van der Waals surface area contributed by atoms with Crippen molar-refractivity contribution in [1.29, 1.82) is 0 Å². The van der Waals surface area contributed by atoms with Crippen LogP contribution >= 0.6 is 0 Å². The molecule has 1 aromatic heterocycles. The third kappa shape index (κ3) is 6.56. The Morgan fingerprint density at radius 2 is 1.78 bits per heavy atom. The number of aryl methyl sites for hydroxylation is 1. The van der Waals surface area contributed by atoms with Gasteiger partial charge >= 0.3 is 6.18 Å². The van der Waals surface area contributed by atoms with E-state index in [0.29, 0.717) is 22.6 Å². The quantitative estimate of drug-likeness (QED) is 0.563. The molecule has 0 aliphatic heterocycles. The molecule has 0 aliphatic carbocycles. The van der Waals surface area contributed by atoms with Gasteiger partial charge in [0, 0.05) is 34.8 Å². The Balaban J connectivity index is 1.68. The van der Waals surface area contributed by atoms with Crippen LogP contribution in [0.2, 0.25) is 0 Å². The van der Waals surface area contributed by atoms with Crippen molar-refractivity contribution in [1.82, 2.24) is 10.3 Å². The number of hydrogen-bond acceptors (Lipinski definition) is 4. The maximum atomic E-state index is 12.7. The van der Waals surface area contributed by atoms with Crippen LogP contribution in [0.25, 0.3) is 0 Å². The summed E-state index contributed by atoms with van der Waals surface area (Å²) in [6.45, 7) is 0.556. The molecule has 0 bridgehead atoms. The summed E-state index contributed by atoms with van der Waals surface area (Å²) in [7, 11) is 0. The summed E-state index contributed by atoms with van der Waals surface area (Å²) >= 11 is 0. The number of hydrogen-bond donors (Lipinski definition) is 2. The average Bonchev–Trinajstić information content (AvgIpc) is 2.78. The van der Waals surface area contributed by atoms with Crippen molar-refractivity contribution >= 4 is 17.5 Å². The van der Waals surface area contributed by atoms with Crippen LogP contribution in [0.4, 0.5) is 18.9 Å². The maximum absolute atomic E-state index is 12.7. The van der Waals surface area contributed by atoms with Crippen LogP contribution in [0.1, 0.15) is 31.8 Å². The van der Waals surface area contributed by atoms with E-state index < -0.39 is 24.5 Å². The zero-order valence-electron chi connectivity index (χ0n) is 17.1. The molecule has 3 rings (SSSR count). The largest absolute Gasteiger partial charge is 0.489 e. The molecule has 2 aromatic carbocycles. The minimum Gasteiger partial charge on any atom is -0.489 e. The third-order valence-electron chi connectivity index (χ3n) is 4.42. The molecular formula is C23H20F3N3O3. The van der Waals surface area contributed by atoms with Gasteiger partial charge in [0.15, 0.2) is 0 Å². The number of alkyl halides is 3. The molecule has 2 N–H and O–H groups in total. The van der Waals surface area contributed by atoms with Gasteiger partial charge in [-0.3, -0.25) is 14.6 Å². The monoisotopic (exact) mass is 443 g/mol. The van der Waals surface area contributed by atoms with Gasteiger partial charge in [-0.1, -0.05) is 18.2 Å². The lowest BCUT2D eigenvalue weighted by atomic mass is 10.1. The van der Waals surface area contributed by atoms with E-state index >= 15 is 0 Å². The highest BCUT2D eigenvalue weighted by atomic mass is 19.4. The van der Waals surface area contributed by atoms with E-state index in [0.717, 1.165) is 5.56 Å². The van der Waals surface area contributed by atoms with Crippen molar-refractivity contribution in [2.75, 3.05) is 11.9 Å². The Morgan fingerprint density at radius 3 is 2.50 bits per heavy atom. The Kier molecular flexibility index (Phi) is 7.09. The van der Waals surface area contributed by atoms with Gasteiger partial charge in [-0.15, -0.1) is 0 Å². The number of carbonyl (C=O) groups is 2. The number of halogens is 3. The first kappa shape index (κ1) is 22.8. The fourth-order valence-corrected chi connectivity index (χ4v) is 2.75. The zero-order valence-corrected chi connectivity index (χ0v) is 17.1. The number of nitrogens with zero attached hydrogens (tertiary/aromatic N) is 1. The summed E-state index contributed by atoms with van der Waals surface area (Å²) in [5.41, 5.74) is 2.16. The van der Waals surface area contributed by atoms with E-state index in [4.69, 9.17) is 4.74 Å². The van der Waals surface area contributed by atoms with Gasteiger partial charge in [-0.25, -0.2) is 0 Å². The molecule has 3 aromatic rings. The molecule has 2 amide bonds. The van der Waals surface area contributed by atoms with Crippen LogP contribution in [0.15, 0.2) is 67.0 Å². The molecule has 0 spiro atoms. The summed E-state index contributed by atoms with van der Waals surface area (Å²) in [5, 5.41) is 4.50. The second-order valence-corrected chi connectivity index (χ2v) is 6.96. The van der Waals surface area contributed by atoms with E-state index in [1.165, 1.54) is 12.1 Å². The fraction of sp³-hybridized carbons (Fsp3) is 0.174. The number of aromatic nitrogens is 1. The van der Waals surface area contributed by atoms with Gasteiger partial charge < -0.3 is 15.4 Å². The van der Waals surface area contributed by atoms with E-state index in [9.17, 15) is 22.8 Å². The third-order valence-corrected chi connectivity index (χ3v) is 4.42. The number of anilines is 1. The summed E-state index contributed by atoms with van der Waals surface area (Å²) in [6.07, 6.45) is -1.18. The first-order valence-corrected chi connectivity index (χ1v) is 9.60. The van der Waals surface area contributed by atoms with Crippen molar-refractivity contribution < 1.29 is 27.5 Å². The number of carbonyl (C=O) groups excluding carboxylic acids is 2. The molecule has 0 radical (unpaired) electrons. The van der Waals surface area contributed by atoms with Crippen molar-refractivity contribution in [3.63, 3.8) is 0 Å². The highest BCUT2D eigenvalue weighted by Crippen LogP contribution is 2.21. The Labute approximate surface area is 182 Å². The smallest absolute Gasteiger partial charge is 0.405 e. The summed E-state index contributed by atoms with van der Waals surface area (Å²) in [6, 6.07) is 14.5. The maximum Gasteiger partial charge on any atom is 0.405 e. The fourth-order valence-electron chi connectivity index (χ4n) is 2.75. The van der Waals surface area contributed by atoms with Crippen molar-refractivity contribution in [2.45, 2.75) is 19.7 Å². The predicted octanol–water partition coefficient (Wildman–Crippen LogP) is 4.51. The molecule has 0 atom stereocenters. The minimum atomic E-state index is -4.51. The molecule has 6 nitrogen and oxygen atoms in total. The van der Waals surface area contributed by atoms with Crippen LogP contribution < -0.4 is 15.4 Å². The second-order valence-electron chi connectivity index (χ2n) is 6.96. The molecule has 0 aliphatic rings. The molecule has 0 saturated heterocycles. The number of amides is 2. The van der Waals surface area contributed by atoms with Crippen LogP contribution in [0.3, 0.4) is 0 Å². The standard InChI is InChI=1S/C23H20F3N3O3/c1-15-7-8-18(21(30)28-14-23(24,25)26)11-20(15)29-22(31)17-5-2-6-19(10-17)32-13-16-4-3-9-27-12-16/h2-12H,13-14H2,1H3,(H,28,30)(H,29,31). The molecular weight excluding hydrogens is 423 g/mol. The minimum absolute atomic E-state index is 0.00343. The Hall–Kier alpha value is -3.88. The zero-order chi connectivity index (χ0) is 23.1. The van der Waals surface area contributed by atoms with Crippen molar-refractivity contribution in [3.05, 3.63) is 89.2 Å². The lowest BCUT2D eigenvalue weighted by molar-refractivity contribution is -0.123.